The highest BCUT2D eigenvalue weighted by atomic mass is 16.3. The van der Waals surface area contributed by atoms with E-state index in [1.54, 1.807) is 0 Å². The molecule has 0 spiro atoms. The number of carbonyl (C=O) groups is 2. The summed E-state index contributed by atoms with van der Waals surface area (Å²) in [6, 6.07) is 12.1. The summed E-state index contributed by atoms with van der Waals surface area (Å²) in [6.07, 6.45) is 4.84. The Kier molecular flexibility index (Phi) is 5.65. The van der Waals surface area contributed by atoms with E-state index >= 15 is 0 Å². The SMILES string of the molecule is O=C(C1CCC1)N1CCC(C(=O)N2C[C@@H](Cc3ccc4ccccc4n3)[C@H](O)C2)CC1. The molecule has 3 heterocycles. The number of carbonyl (C=O) groups excluding carboxylic acids is 2. The average molecular weight is 422 g/mol. The van der Waals surface area contributed by atoms with Gasteiger partial charge in [-0.2, -0.15) is 0 Å². The normalized spacial score (nSPS) is 25.1. The zero-order chi connectivity index (χ0) is 21.4. The second-order valence-corrected chi connectivity index (χ2v) is 9.50. The van der Waals surface area contributed by atoms with E-state index in [1.165, 1.54) is 6.42 Å². The molecule has 1 saturated carbocycles. The first-order valence-corrected chi connectivity index (χ1v) is 11.7. The molecule has 6 heteroatoms. The molecular formula is C25H31N3O3. The van der Waals surface area contributed by atoms with Gasteiger partial charge in [0.15, 0.2) is 0 Å². The quantitative estimate of drug-likeness (QED) is 0.824. The molecule has 0 unspecified atom stereocenters. The number of nitrogens with zero attached hydrogens (tertiary/aromatic N) is 3. The molecule has 2 amide bonds. The third-order valence-corrected chi connectivity index (χ3v) is 7.46. The van der Waals surface area contributed by atoms with Crippen molar-refractivity contribution in [3.63, 3.8) is 0 Å². The molecule has 2 saturated heterocycles. The Balaban J connectivity index is 1.16. The van der Waals surface area contributed by atoms with Crippen molar-refractivity contribution in [2.75, 3.05) is 26.2 Å². The van der Waals surface area contributed by atoms with Crippen LogP contribution in [0.3, 0.4) is 0 Å². The van der Waals surface area contributed by atoms with E-state index in [0.717, 1.165) is 42.3 Å². The van der Waals surface area contributed by atoms with Crippen LogP contribution in [0.2, 0.25) is 0 Å². The molecule has 0 radical (unpaired) electrons. The van der Waals surface area contributed by atoms with E-state index in [-0.39, 0.29) is 29.6 Å². The zero-order valence-electron chi connectivity index (χ0n) is 17.9. The number of rotatable bonds is 4. The summed E-state index contributed by atoms with van der Waals surface area (Å²) in [7, 11) is 0. The van der Waals surface area contributed by atoms with Gasteiger partial charge in [-0.25, -0.2) is 0 Å². The molecular weight excluding hydrogens is 390 g/mol. The van der Waals surface area contributed by atoms with Crippen molar-refractivity contribution in [3.05, 3.63) is 42.1 Å². The summed E-state index contributed by atoms with van der Waals surface area (Å²) >= 11 is 0. The van der Waals surface area contributed by atoms with Crippen molar-refractivity contribution in [1.82, 2.24) is 14.8 Å². The smallest absolute Gasteiger partial charge is 0.225 e. The number of pyridine rings is 1. The van der Waals surface area contributed by atoms with Crippen LogP contribution in [-0.4, -0.2) is 64.0 Å². The molecule has 1 N–H and O–H groups in total. The van der Waals surface area contributed by atoms with Crippen LogP contribution in [0.15, 0.2) is 36.4 Å². The van der Waals surface area contributed by atoms with Gasteiger partial charge in [-0.05, 0) is 44.2 Å². The lowest BCUT2D eigenvalue weighted by atomic mass is 9.83. The zero-order valence-corrected chi connectivity index (χ0v) is 17.9. The fraction of sp³-hybridized carbons (Fsp3) is 0.560. The number of piperidine rings is 1. The third kappa shape index (κ3) is 4.18. The number of aliphatic hydroxyl groups excluding tert-OH is 1. The number of amides is 2. The van der Waals surface area contributed by atoms with E-state index in [1.807, 2.05) is 40.1 Å². The van der Waals surface area contributed by atoms with Crippen LogP contribution >= 0.6 is 0 Å². The van der Waals surface area contributed by atoms with Gasteiger partial charge in [0.05, 0.1) is 11.6 Å². The van der Waals surface area contributed by atoms with Gasteiger partial charge in [-0.1, -0.05) is 30.7 Å². The summed E-state index contributed by atoms with van der Waals surface area (Å²) in [5, 5.41) is 11.7. The Morgan fingerprint density at radius 3 is 2.35 bits per heavy atom. The topological polar surface area (TPSA) is 73.7 Å². The van der Waals surface area contributed by atoms with E-state index in [9.17, 15) is 14.7 Å². The Hall–Kier alpha value is -2.47. The maximum absolute atomic E-state index is 13.1. The molecule has 2 aromatic rings. The molecule has 2 atom stereocenters. The van der Waals surface area contributed by atoms with Gasteiger partial charge in [-0.3, -0.25) is 14.6 Å². The van der Waals surface area contributed by atoms with Crippen LogP contribution in [0.1, 0.15) is 37.8 Å². The number of aliphatic hydroxyl groups is 1. The molecule has 5 rings (SSSR count). The van der Waals surface area contributed by atoms with E-state index in [0.29, 0.717) is 32.6 Å². The number of aromatic nitrogens is 1. The lowest BCUT2D eigenvalue weighted by molar-refractivity contribution is -0.143. The molecule has 3 fully saturated rings. The average Bonchev–Trinajstić information content (AvgIpc) is 3.12. The first-order chi connectivity index (χ1) is 15.1. The third-order valence-electron chi connectivity index (χ3n) is 7.46. The number of hydrogen-bond acceptors (Lipinski definition) is 4. The molecule has 3 aliphatic rings. The van der Waals surface area contributed by atoms with Crippen molar-refractivity contribution >= 4 is 22.7 Å². The largest absolute Gasteiger partial charge is 0.391 e. The second kappa shape index (κ2) is 8.58. The summed E-state index contributed by atoms with van der Waals surface area (Å²) < 4.78 is 0. The maximum atomic E-state index is 13.1. The van der Waals surface area contributed by atoms with Crippen molar-refractivity contribution < 1.29 is 14.7 Å². The van der Waals surface area contributed by atoms with Crippen molar-refractivity contribution in [3.8, 4) is 0 Å². The van der Waals surface area contributed by atoms with Crippen LogP contribution < -0.4 is 0 Å². The lowest BCUT2D eigenvalue weighted by Gasteiger charge is -2.37. The molecule has 6 nitrogen and oxygen atoms in total. The number of benzene rings is 1. The predicted molar refractivity (Wildman–Crippen MR) is 118 cm³/mol. The fourth-order valence-electron chi connectivity index (χ4n) is 5.24. The summed E-state index contributed by atoms with van der Waals surface area (Å²) in [6.45, 7) is 2.35. The van der Waals surface area contributed by atoms with Crippen LogP contribution in [-0.2, 0) is 16.0 Å². The van der Waals surface area contributed by atoms with Gasteiger partial charge < -0.3 is 14.9 Å². The van der Waals surface area contributed by atoms with Crippen molar-refractivity contribution in [2.24, 2.45) is 17.8 Å². The van der Waals surface area contributed by atoms with Crippen LogP contribution in [0, 0.1) is 17.8 Å². The van der Waals surface area contributed by atoms with Crippen molar-refractivity contribution in [1.29, 1.82) is 0 Å². The number of β-amino-alcohol motifs (C(OH)–C–C–N with tert-alkyl or cyclic N) is 1. The van der Waals surface area contributed by atoms with Crippen LogP contribution in [0.4, 0.5) is 0 Å². The minimum absolute atomic E-state index is 0.0119. The molecule has 0 bridgehead atoms. The lowest BCUT2D eigenvalue weighted by Crippen LogP contribution is -2.46. The predicted octanol–water partition coefficient (Wildman–Crippen LogP) is 2.64. The molecule has 164 valence electrons. The number of para-hydroxylation sites is 1. The standard InChI is InChI=1S/C25H31N3O3/c29-23-16-28(15-20(23)14-21-9-8-17-4-1-2-7-22(17)26-21)25(31)19-10-12-27(13-11-19)24(30)18-5-3-6-18/h1-2,4,7-9,18-20,23,29H,3,5-6,10-16H2/t20-,23-/m1/s1. The highest BCUT2D eigenvalue weighted by molar-refractivity contribution is 5.82. The minimum atomic E-state index is -0.516. The maximum Gasteiger partial charge on any atom is 0.225 e. The van der Waals surface area contributed by atoms with Gasteiger partial charge in [-0.15, -0.1) is 0 Å². The van der Waals surface area contributed by atoms with E-state index in [2.05, 4.69) is 6.07 Å². The molecule has 2 aliphatic heterocycles. The van der Waals surface area contributed by atoms with Crippen LogP contribution in [0.5, 0.6) is 0 Å². The van der Waals surface area contributed by atoms with Gasteiger partial charge in [0, 0.05) is 55.0 Å². The Bertz CT molecular complexity index is 965. The molecule has 31 heavy (non-hydrogen) atoms. The number of hydrogen-bond donors (Lipinski definition) is 1. The summed E-state index contributed by atoms with van der Waals surface area (Å²) in [5.74, 6) is 0.638. The Morgan fingerprint density at radius 2 is 1.61 bits per heavy atom. The molecule has 1 aromatic carbocycles. The molecule has 1 aromatic heterocycles. The van der Waals surface area contributed by atoms with Gasteiger partial charge in [0.1, 0.15) is 0 Å². The first kappa shape index (κ1) is 20.4. The van der Waals surface area contributed by atoms with Gasteiger partial charge in [0.2, 0.25) is 11.8 Å². The van der Waals surface area contributed by atoms with E-state index < -0.39 is 6.10 Å². The summed E-state index contributed by atoms with van der Waals surface area (Å²) in [5.41, 5.74) is 1.92. The van der Waals surface area contributed by atoms with Gasteiger partial charge >= 0.3 is 0 Å². The van der Waals surface area contributed by atoms with Gasteiger partial charge in [0.25, 0.3) is 0 Å². The van der Waals surface area contributed by atoms with E-state index in [4.69, 9.17) is 4.98 Å². The monoisotopic (exact) mass is 421 g/mol. The Labute approximate surface area is 183 Å². The Morgan fingerprint density at radius 1 is 0.903 bits per heavy atom. The molecule has 1 aliphatic carbocycles. The summed E-state index contributed by atoms with van der Waals surface area (Å²) in [4.78, 5) is 34.1. The van der Waals surface area contributed by atoms with Crippen LogP contribution in [0.25, 0.3) is 10.9 Å². The number of likely N-dealkylation sites (tertiary alicyclic amines) is 2. The second-order valence-electron chi connectivity index (χ2n) is 9.50. The van der Waals surface area contributed by atoms with Crippen molar-refractivity contribution in [2.45, 2.75) is 44.6 Å². The highest BCUT2D eigenvalue weighted by Gasteiger charge is 2.39. The minimum Gasteiger partial charge on any atom is -0.391 e. The number of fused-ring (bicyclic) bond motifs is 1. The fourth-order valence-corrected chi connectivity index (χ4v) is 5.24. The highest BCUT2D eigenvalue weighted by Crippen LogP contribution is 2.31. The first-order valence-electron chi connectivity index (χ1n) is 11.7.